The molecule has 2 rings (SSSR count). The smallest absolute Gasteiger partial charge is 0.164 e. The molecular formula is C14H16N2O2. The number of benzene rings is 1. The largest absolute Gasteiger partial charge is 0.494 e. The van der Waals surface area contributed by atoms with Crippen LogP contribution in [0.15, 0.2) is 43.0 Å². The van der Waals surface area contributed by atoms with Crippen LogP contribution in [0.25, 0.3) is 0 Å². The first-order chi connectivity index (χ1) is 8.79. The van der Waals surface area contributed by atoms with Crippen LogP contribution >= 0.6 is 0 Å². The van der Waals surface area contributed by atoms with Crippen molar-refractivity contribution in [1.82, 2.24) is 9.55 Å². The summed E-state index contributed by atoms with van der Waals surface area (Å²) in [5.74, 6) is 0.926. The van der Waals surface area contributed by atoms with Gasteiger partial charge in [0.15, 0.2) is 5.78 Å². The van der Waals surface area contributed by atoms with Crippen molar-refractivity contribution in [3.8, 4) is 5.75 Å². The van der Waals surface area contributed by atoms with Crippen LogP contribution in [0, 0.1) is 0 Å². The third-order valence-corrected chi connectivity index (χ3v) is 2.64. The molecule has 0 radical (unpaired) electrons. The summed E-state index contributed by atoms with van der Waals surface area (Å²) in [5.41, 5.74) is 0.721. The van der Waals surface area contributed by atoms with Gasteiger partial charge in [0.25, 0.3) is 0 Å². The van der Waals surface area contributed by atoms with Crippen LogP contribution in [0.1, 0.15) is 23.7 Å². The van der Waals surface area contributed by atoms with Gasteiger partial charge in [0.2, 0.25) is 0 Å². The maximum Gasteiger partial charge on any atom is 0.164 e. The van der Waals surface area contributed by atoms with Gasteiger partial charge in [0.1, 0.15) is 5.75 Å². The summed E-state index contributed by atoms with van der Waals surface area (Å²) in [6.45, 7) is 3.23. The first kappa shape index (κ1) is 12.4. The molecule has 0 fully saturated rings. The van der Waals surface area contributed by atoms with Crippen molar-refractivity contribution in [2.45, 2.75) is 19.9 Å². The second-order valence-corrected chi connectivity index (χ2v) is 3.93. The lowest BCUT2D eigenvalue weighted by molar-refractivity contribution is 0.0977. The highest BCUT2D eigenvalue weighted by atomic mass is 16.5. The second-order valence-electron chi connectivity index (χ2n) is 3.93. The van der Waals surface area contributed by atoms with Crippen LogP contribution in [0.5, 0.6) is 5.75 Å². The number of hydrogen-bond donors (Lipinski definition) is 0. The average Bonchev–Trinajstić information content (AvgIpc) is 2.90. The van der Waals surface area contributed by atoms with Gasteiger partial charge in [-0.2, -0.15) is 0 Å². The quantitative estimate of drug-likeness (QED) is 0.733. The summed E-state index contributed by atoms with van der Waals surface area (Å²) in [4.78, 5) is 15.9. The van der Waals surface area contributed by atoms with Crippen LogP contribution in [0.2, 0.25) is 0 Å². The fraction of sp³-hybridized carbons (Fsp3) is 0.286. The summed E-state index contributed by atoms with van der Waals surface area (Å²) in [5, 5.41) is 0. The molecule has 0 aliphatic carbocycles. The Morgan fingerprint density at radius 1 is 1.33 bits per heavy atom. The predicted octanol–water partition coefficient (Wildman–Crippen LogP) is 2.55. The Hall–Kier alpha value is -2.10. The molecular weight excluding hydrogens is 228 g/mol. The maximum absolute atomic E-state index is 11.9. The highest BCUT2D eigenvalue weighted by Gasteiger charge is 2.06. The van der Waals surface area contributed by atoms with Crippen molar-refractivity contribution in [3.63, 3.8) is 0 Å². The molecule has 0 saturated heterocycles. The van der Waals surface area contributed by atoms with E-state index in [1.807, 2.05) is 29.8 Å². The third-order valence-electron chi connectivity index (χ3n) is 2.64. The number of carbonyl (C=O) groups excluding carboxylic acids is 1. The highest BCUT2D eigenvalue weighted by Crippen LogP contribution is 2.13. The van der Waals surface area contributed by atoms with E-state index in [9.17, 15) is 4.79 Å². The number of Topliss-reactive ketones (excluding diaryl/α,β-unsaturated/α-hetero) is 1. The molecule has 0 unspecified atom stereocenters. The molecule has 0 spiro atoms. The Kier molecular flexibility index (Phi) is 4.12. The number of ketones is 1. The molecule has 1 aromatic carbocycles. The zero-order chi connectivity index (χ0) is 12.8. The molecule has 4 heteroatoms. The lowest BCUT2D eigenvalue weighted by Crippen LogP contribution is -2.04. The van der Waals surface area contributed by atoms with Crippen LogP contribution in [0.3, 0.4) is 0 Å². The molecule has 0 aliphatic heterocycles. The van der Waals surface area contributed by atoms with E-state index in [4.69, 9.17) is 4.74 Å². The number of nitrogens with zero attached hydrogens (tertiary/aromatic N) is 2. The molecule has 0 amide bonds. The van der Waals surface area contributed by atoms with Crippen LogP contribution < -0.4 is 4.74 Å². The number of rotatable bonds is 6. The molecule has 2 aromatic rings. The minimum Gasteiger partial charge on any atom is -0.494 e. The number of carbonyl (C=O) groups is 1. The van der Waals surface area contributed by atoms with E-state index in [-0.39, 0.29) is 5.78 Å². The van der Waals surface area contributed by atoms with Crippen LogP contribution in [-0.4, -0.2) is 21.9 Å². The summed E-state index contributed by atoms with van der Waals surface area (Å²) < 4.78 is 7.23. The molecule has 18 heavy (non-hydrogen) atoms. The van der Waals surface area contributed by atoms with E-state index in [0.29, 0.717) is 19.6 Å². The van der Waals surface area contributed by atoms with Gasteiger partial charge in [-0.15, -0.1) is 0 Å². The topological polar surface area (TPSA) is 44.1 Å². The molecule has 0 bridgehead atoms. The van der Waals surface area contributed by atoms with Gasteiger partial charge in [0, 0.05) is 30.9 Å². The molecule has 0 N–H and O–H groups in total. The van der Waals surface area contributed by atoms with Gasteiger partial charge in [-0.3, -0.25) is 4.79 Å². The summed E-state index contributed by atoms with van der Waals surface area (Å²) in [7, 11) is 0. The van der Waals surface area contributed by atoms with Gasteiger partial charge in [-0.1, -0.05) is 0 Å². The molecule has 0 atom stereocenters. The molecule has 1 heterocycles. The summed E-state index contributed by atoms with van der Waals surface area (Å²) in [6.07, 6.45) is 5.75. The molecule has 0 aliphatic rings. The second kappa shape index (κ2) is 6.00. The van der Waals surface area contributed by atoms with Crippen molar-refractivity contribution in [3.05, 3.63) is 48.5 Å². The zero-order valence-electron chi connectivity index (χ0n) is 10.4. The Bertz CT molecular complexity index is 489. The minimum absolute atomic E-state index is 0.131. The van der Waals surface area contributed by atoms with E-state index in [2.05, 4.69) is 4.98 Å². The van der Waals surface area contributed by atoms with Gasteiger partial charge < -0.3 is 9.30 Å². The van der Waals surface area contributed by atoms with Gasteiger partial charge >= 0.3 is 0 Å². The standard InChI is InChI=1S/C14H16N2O2/c1-2-18-13-5-3-12(4-6-13)14(17)7-9-16-10-8-15-11-16/h3-6,8,10-11H,2,7,9H2,1H3. The molecule has 94 valence electrons. The summed E-state index contributed by atoms with van der Waals surface area (Å²) >= 11 is 0. The molecule has 4 nitrogen and oxygen atoms in total. The van der Waals surface area contributed by atoms with Crippen LogP contribution in [0.4, 0.5) is 0 Å². The highest BCUT2D eigenvalue weighted by molar-refractivity contribution is 5.96. The Morgan fingerprint density at radius 3 is 2.72 bits per heavy atom. The normalized spacial score (nSPS) is 10.3. The number of hydrogen-bond acceptors (Lipinski definition) is 3. The van der Waals surface area contributed by atoms with E-state index >= 15 is 0 Å². The van der Waals surface area contributed by atoms with Crippen molar-refractivity contribution in [1.29, 1.82) is 0 Å². The molecule has 0 saturated carbocycles. The Labute approximate surface area is 106 Å². The van der Waals surface area contributed by atoms with Crippen LogP contribution in [-0.2, 0) is 6.54 Å². The summed E-state index contributed by atoms with van der Waals surface area (Å²) in [6, 6.07) is 7.27. The van der Waals surface area contributed by atoms with Crippen molar-refractivity contribution >= 4 is 5.78 Å². The van der Waals surface area contributed by atoms with E-state index in [0.717, 1.165) is 11.3 Å². The van der Waals surface area contributed by atoms with E-state index < -0.39 is 0 Å². The SMILES string of the molecule is CCOc1ccc(C(=O)CCn2ccnc2)cc1. The van der Waals surface area contributed by atoms with Crippen molar-refractivity contribution < 1.29 is 9.53 Å². The molecule has 1 aromatic heterocycles. The first-order valence-corrected chi connectivity index (χ1v) is 6.01. The van der Waals surface area contributed by atoms with Gasteiger partial charge in [-0.25, -0.2) is 4.98 Å². The third kappa shape index (κ3) is 3.20. The Morgan fingerprint density at radius 2 is 2.11 bits per heavy atom. The fourth-order valence-corrected chi connectivity index (χ4v) is 1.70. The fourth-order valence-electron chi connectivity index (χ4n) is 1.70. The number of imidazole rings is 1. The van der Waals surface area contributed by atoms with E-state index in [1.165, 1.54) is 0 Å². The van der Waals surface area contributed by atoms with Crippen molar-refractivity contribution in [2.24, 2.45) is 0 Å². The lowest BCUT2D eigenvalue weighted by Gasteiger charge is -2.05. The number of ether oxygens (including phenoxy) is 1. The van der Waals surface area contributed by atoms with Gasteiger partial charge in [0.05, 0.1) is 12.9 Å². The number of aryl methyl sites for hydroxylation is 1. The lowest BCUT2D eigenvalue weighted by atomic mass is 10.1. The van der Waals surface area contributed by atoms with Gasteiger partial charge in [-0.05, 0) is 31.2 Å². The monoisotopic (exact) mass is 244 g/mol. The van der Waals surface area contributed by atoms with Crippen molar-refractivity contribution in [2.75, 3.05) is 6.61 Å². The predicted molar refractivity (Wildman–Crippen MR) is 68.8 cm³/mol. The Balaban J connectivity index is 1.92. The minimum atomic E-state index is 0.131. The first-order valence-electron chi connectivity index (χ1n) is 6.01. The van der Waals surface area contributed by atoms with E-state index in [1.54, 1.807) is 24.7 Å². The number of aromatic nitrogens is 2. The zero-order valence-corrected chi connectivity index (χ0v) is 10.4. The maximum atomic E-state index is 11.9. The average molecular weight is 244 g/mol.